The number of carbonyl (C=O) groups excluding carboxylic acids is 1. The van der Waals surface area contributed by atoms with E-state index in [1.165, 1.54) is 7.11 Å². The molecule has 0 bridgehead atoms. The zero-order valence-corrected chi connectivity index (χ0v) is 10.7. The molecule has 0 N–H and O–H groups in total. The zero-order valence-electron chi connectivity index (χ0n) is 9.96. The Bertz CT molecular complexity index is 438. The van der Waals surface area contributed by atoms with Crippen molar-refractivity contribution in [2.75, 3.05) is 14.2 Å². The molecule has 0 aromatic heterocycles. The molecule has 1 aliphatic carbocycles. The lowest BCUT2D eigenvalue weighted by atomic mass is 9.64. The lowest BCUT2D eigenvalue weighted by Crippen LogP contribution is -2.43. The van der Waals surface area contributed by atoms with E-state index in [0.717, 1.165) is 24.8 Å². The Labute approximate surface area is 106 Å². The number of benzene rings is 1. The second-order valence-electron chi connectivity index (χ2n) is 4.28. The van der Waals surface area contributed by atoms with Crippen LogP contribution in [0.15, 0.2) is 18.2 Å². The third kappa shape index (κ3) is 1.89. The van der Waals surface area contributed by atoms with E-state index in [1.807, 2.05) is 6.07 Å². The third-order valence-electron chi connectivity index (χ3n) is 3.49. The fraction of sp³-hybridized carbons (Fsp3) is 0.462. The summed E-state index contributed by atoms with van der Waals surface area (Å²) in [7, 11) is 2.99. The van der Waals surface area contributed by atoms with Crippen LogP contribution in [0.25, 0.3) is 0 Å². The molecule has 0 spiro atoms. The SMILES string of the molecule is COC(=O)C1(c2ccc(OC)c(Cl)c2)CCC1. The smallest absolute Gasteiger partial charge is 0.316 e. The van der Waals surface area contributed by atoms with Crippen molar-refractivity contribution in [3.8, 4) is 5.75 Å². The van der Waals surface area contributed by atoms with Crippen molar-refractivity contribution in [1.29, 1.82) is 0 Å². The second-order valence-corrected chi connectivity index (χ2v) is 4.68. The number of ether oxygens (including phenoxy) is 2. The summed E-state index contributed by atoms with van der Waals surface area (Å²) in [4.78, 5) is 11.9. The van der Waals surface area contributed by atoms with Gasteiger partial charge in [-0.2, -0.15) is 0 Å². The first kappa shape index (κ1) is 12.2. The minimum atomic E-state index is -0.495. The van der Waals surface area contributed by atoms with Crippen LogP contribution in [0.5, 0.6) is 5.75 Å². The van der Waals surface area contributed by atoms with Crippen LogP contribution in [0.2, 0.25) is 5.02 Å². The highest BCUT2D eigenvalue weighted by Crippen LogP contribution is 2.46. The van der Waals surface area contributed by atoms with Gasteiger partial charge in [0, 0.05) is 0 Å². The zero-order chi connectivity index (χ0) is 12.5. The van der Waals surface area contributed by atoms with Gasteiger partial charge in [-0.05, 0) is 30.5 Å². The largest absolute Gasteiger partial charge is 0.495 e. The fourth-order valence-corrected chi connectivity index (χ4v) is 2.56. The Morgan fingerprint density at radius 3 is 2.47 bits per heavy atom. The van der Waals surface area contributed by atoms with Gasteiger partial charge >= 0.3 is 5.97 Å². The summed E-state index contributed by atoms with van der Waals surface area (Å²) < 4.78 is 10.00. The van der Waals surface area contributed by atoms with E-state index in [2.05, 4.69) is 0 Å². The molecule has 1 saturated carbocycles. The first-order valence-corrected chi connectivity index (χ1v) is 5.94. The van der Waals surface area contributed by atoms with E-state index in [1.54, 1.807) is 19.2 Å². The van der Waals surface area contributed by atoms with Crippen LogP contribution in [-0.2, 0) is 14.9 Å². The Balaban J connectivity index is 2.38. The standard InChI is InChI=1S/C13H15ClO3/c1-16-11-5-4-9(8-10(11)14)13(6-3-7-13)12(15)17-2/h4-5,8H,3,6-7H2,1-2H3. The molecule has 1 aromatic carbocycles. The molecule has 0 unspecified atom stereocenters. The normalized spacial score (nSPS) is 17.1. The quantitative estimate of drug-likeness (QED) is 0.778. The Morgan fingerprint density at radius 2 is 2.06 bits per heavy atom. The lowest BCUT2D eigenvalue weighted by molar-refractivity contribution is -0.151. The first-order chi connectivity index (χ1) is 8.14. The molecule has 4 heteroatoms. The van der Waals surface area contributed by atoms with Crippen LogP contribution in [-0.4, -0.2) is 20.2 Å². The molecule has 0 heterocycles. The van der Waals surface area contributed by atoms with Gasteiger partial charge in [-0.3, -0.25) is 4.79 Å². The average molecular weight is 255 g/mol. The van der Waals surface area contributed by atoms with E-state index >= 15 is 0 Å². The molecule has 1 fully saturated rings. The predicted octanol–water partition coefficient (Wildman–Crippen LogP) is 2.94. The highest BCUT2D eigenvalue weighted by molar-refractivity contribution is 6.32. The first-order valence-electron chi connectivity index (χ1n) is 5.56. The third-order valence-corrected chi connectivity index (χ3v) is 3.78. The maximum atomic E-state index is 11.9. The summed E-state index contributed by atoms with van der Waals surface area (Å²) in [6.45, 7) is 0. The molecule has 0 amide bonds. The van der Waals surface area contributed by atoms with Crippen LogP contribution in [0.4, 0.5) is 0 Å². The number of esters is 1. The van der Waals surface area contributed by atoms with Gasteiger partial charge in [0.25, 0.3) is 0 Å². The van der Waals surface area contributed by atoms with Gasteiger partial charge in [0.15, 0.2) is 0 Å². The summed E-state index contributed by atoms with van der Waals surface area (Å²) in [5.74, 6) is 0.444. The van der Waals surface area contributed by atoms with Crippen molar-refractivity contribution in [2.24, 2.45) is 0 Å². The maximum absolute atomic E-state index is 11.9. The van der Waals surface area contributed by atoms with Gasteiger partial charge in [-0.1, -0.05) is 24.1 Å². The Kier molecular flexibility index (Phi) is 3.29. The van der Waals surface area contributed by atoms with Crippen molar-refractivity contribution in [1.82, 2.24) is 0 Å². The number of hydrogen-bond acceptors (Lipinski definition) is 3. The maximum Gasteiger partial charge on any atom is 0.316 e. The van der Waals surface area contributed by atoms with Crippen LogP contribution in [0.1, 0.15) is 24.8 Å². The Hall–Kier alpha value is -1.22. The molecule has 1 aliphatic rings. The van der Waals surface area contributed by atoms with E-state index in [9.17, 15) is 4.79 Å². The van der Waals surface area contributed by atoms with Crippen molar-refractivity contribution in [3.05, 3.63) is 28.8 Å². The molecular weight excluding hydrogens is 240 g/mol. The molecule has 2 rings (SSSR count). The second kappa shape index (κ2) is 4.57. The van der Waals surface area contributed by atoms with Crippen molar-refractivity contribution in [2.45, 2.75) is 24.7 Å². The Morgan fingerprint density at radius 1 is 1.35 bits per heavy atom. The molecule has 17 heavy (non-hydrogen) atoms. The number of hydrogen-bond donors (Lipinski definition) is 0. The molecule has 0 atom stereocenters. The van der Waals surface area contributed by atoms with Gasteiger partial charge < -0.3 is 9.47 Å². The van der Waals surface area contributed by atoms with Gasteiger partial charge in [0.1, 0.15) is 5.75 Å². The van der Waals surface area contributed by atoms with Gasteiger partial charge in [0.05, 0.1) is 24.7 Å². The van der Waals surface area contributed by atoms with Crippen LogP contribution in [0, 0.1) is 0 Å². The monoisotopic (exact) mass is 254 g/mol. The molecule has 0 radical (unpaired) electrons. The molecule has 0 saturated heterocycles. The topological polar surface area (TPSA) is 35.5 Å². The highest BCUT2D eigenvalue weighted by atomic mass is 35.5. The summed E-state index contributed by atoms with van der Waals surface area (Å²) in [6, 6.07) is 5.48. The van der Waals surface area contributed by atoms with Gasteiger partial charge in [-0.25, -0.2) is 0 Å². The summed E-state index contributed by atoms with van der Waals surface area (Å²) in [5, 5.41) is 0.528. The number of methoxy groups -OCH3 is 2. The van der Waals surface area contributed by atoms with Crippen LogP contribution < -0.4 is 4.74 Å². The van der Waals surface area contributed by atoms with Crippen LogP contribution in [0.3, 0.4) is 0 Å². The molecule has 0 aliphatic heterocycles. The molecular formula is C13H15ClO3. The van der Waals surface area contributed by atoms with Crippen molar-refractivity contribution in [3.63, 3.8) is 0 Å². The van der Waals surface area contributed by atoms with E-state index < -0.39 is 5.41 Å². The van der Waals surface area contributed by atoms with Crippen LogP contribution >= 0.6 is 11.6 Å². The molecule has 92 valence electrons. The highest BCUT2D eigenvalue weighted by Gasteiger charge is 2.46. The van der Waals surface area contributed by atoms with E-state index in [4.69, 9.17) is 21.1 Å². The molecule has 1 aromatic rings. The summed E-state index contributed by atoms with van der Waals surface area (Å²) in [5.41, 5.74) is 0.423. The van der Waals surface area contributed by atoms with Crippen molar-refractivity contribution < 1.29 is 14.3 Å². The van der Waals surface area contributed by atoms with E-state index in [0.29, 0.717) is 10.8 Å². The minimum absolute atomic E-state index is 0.176. The van der Waals surface area contributed by atoms with Gasteiger partial charge in [-0.15, -0.1) is 0 Å². The molecule has 3 nitrogen and oxygen atoms in total. The van der Waals surface area contributed by atoms with Gasteiger partial charge in [0.2, 0.25) is 0 Å². The number of halogens is 1. The van der Waals surface area contributed by atoms with E-state index in [-0.39, 0.29) is 5.97 Å². The predicted molar refractivity (Wildman–Crippen MR) is 65.5 cm³/mol. The van der Waals surface area contributed by atoms with Crippen molar-refractivity contribution >= 4 is 17.6 Å². The minimum Gasteiger partial charge on any atom is -0.495 e. The number of rotatable bonds is 3. The number of carbonyl (C=O) groups is 1. The average Bonchev–Trinajstić information content (AvgIpc) is 2.27. The summed E-state index contributed by atoms with van der Waals surface area (Å²) in [6.07, 6.45) is 2.68. The fourth-order valence-electron chi connectivity index (χ4n) is 2.30. The summed E-state index contributed by atoms with van der Waals surface area (Å²) >= 11 is 6.09. The lowest BCUT2D eigenvalue weighted by Gasteiger charge is -2.39.